The second kappa shape index (κ2) is 54.2. The number of rotatable bonds is 51. The number of esters is 1. The van der Waals surface area contributed by atoms with Crippen molar-refractivity contribution in [3.63, 3.8) is 0 Å². The van der Waals surface area contributed by atoms with Gasteiger partial charge in [0, 0.05) is 6.42 Å². The van der Waals surface area contributed by atoms with E-state index in [2.05, 4.69) is 99.0 Å². The third kappa shape index (κ3) is 49.5. The first kappa shape index (κ1) is 64.3. The highest BCUT2D eigenvalue weighted by molar-refractivity contribution is 5.77. The minimum absolute atomic E-state index is 0.0319. The lowest BCUT2D eigenvalue weighted by Crippen LogP contribution is -2.46. The van der Waals surface area contributed by atoms with E-state index in [1.165, 1.54) is 141 Å². The van der Waals surface area contributed by atoms with Crippen molar-refractivity contribution in [2.24, 2.45) is 0 Å². The highest BCUT2D eigenvalue weighted by atomic mass is 16.5. The summed E-state index contributed by atoms with van der Waals surface area (Å²) in [5.41, 5.74) is 0. The SMILES string of the molecule is CCCCC/C=C\C/C=C\C/C=C\C/C=C\CCCC(CC(=O)NC(CO)C(O)CCCCCCCCCCCCCCC)OC(=O)CCCCCCC/C=C/C=C/CCCCCCCCC. The smallest absolute Gasteiger partial charge is 0.306 e. The van der Waals surface area contributed by atoms with Gasteiger partial charge in [0.15, 0.2) is 0 Å². The third-order valence-electron chi connectivity index (χ3n) is 12.8. The second-order valence-electron chi connectivity index (χ2n) is 19.4. The molecule has 0 fully saturated rings. The van der Waals surface area contributed by atoms with Crippen LogP contribution in [0.25, 0.3) is 0 Å². The van der Waals surface area contributed by atoms with Gasteiger partial charge in [0.25, 0.3) is 0 Å². The molecule has 0 aliphatic heterocycles. The Labute approximate surface area is 415 Å². The Morgan fingerprint density at radius 2 is 0.821 bits per heavy atom. The van der Waals surface area contributed by atoms with Crippen molar-refractivity contribution in [3.8, 4) is 0 Å². The average molecular weight is 937 g/mol. The third-order valence-corrected chi connectivity index (χ3v) is 12.8. The van der Waals surface area contributed by atoms with Crippen molar-refractivity contribution in [3.05, 3.63) is 72.9 Å². The molecule has 0 saturated heterocycles. The van der Waals surface area contributed by atoms with Crippen LogP contribution in [0.4, 0.5) is 0 Å². The van der Waals surface area contributed by atoms with Gasteiger partial charge in [0.2, 0.25) is 5.91 Å². The molecule has 1 amide bonds. The van der Waals surface area contributed by atoms with E-state index in [0.717, 1.165) is 89.9 Å². The first-order chi connectivity index (χ1) is 33.0. The summed E-state index contributed by atoms with van der Waals surface area (Å²) in [6, 6.07) is -0.725. The van der Waals surface area contributed by atoms with Gasteiger partial charge in [-0.15, -0.1) is 0 Å². The molecule has 0 spiro atoms. The summed E-state index contributed by atoms with van der Waals surface area (Å²) in [5, 5.41) is 23.8. The number of ether oxygens (including phenoxy) is 1. The molecule has 0 aliphatic carbocycles. The fourth-order valence-electron chi connectivity index (χ4n) is 8.41. The molecule has 0 saturated carbocycles. The Kier molecular flexibility index (Phi) is 52.1. The summed E-state index contributed by atoms with van der Waals surface area (Å²) in [5.74, 6) is -0.542. The molecule has 3 N–H and O–H groups in total. The van der Waals surface area contributed by atoms with Crippen LogP contribution >= 0.6 is 0 Å². The number of carbonyl (C=O) groups is 2. The van der Waals surface area contributed by atoms with Gasteiger partial charge in [0.1, 0.15) is 6.10 Å². The Bertz CT molecular complexity index is 1230. The molecule has 0 aromatic carbocycles. The molecule has 3 atom stereocenters. The largest absolute Gasteiger partial charge is 0.462 e. The molecule has 0 aromatic rings. The van der Waals surface area contributed by atoms with Crippen molar-refractivity contribution in [2.75, 3.05) is 6.61 Å². The molecular weight excluding hydrogens is 827 g/mol. The number of allylic oxidation sites excluding steroid dienone is 12. The number of nitrogens with one attached hydrogen (secondary N) is 1. The van der Waals surface area contributed by atoms with E-state index in [-0.39, 0.29) is 24.9 Å². The zero-order valence-electron chi connectivity index (χ0n) is 44.3. The second-order valence-corrected chi connectivity index (χ2v) is 19.4. The van der Waals surface area contributed by atoms with Crippen molar-refractivity contribution in [2.45, 2.75) is 296 Å². The summed E-state index contributed by atoms with van der Waals surface area (Å²) in [4.78, 5) is 26.3. The molecule has 67 heavy (non-hydrogen) atoms. The van der Waals surface area contributed by atoms with E-state index in [4.69, 9.17) is 4.74 Å². The van der Waals surface area contributed by atoms with Crippen LogP contribution in [0.2, 0.25) is 0 Å². The molecule has 6 heteroatoms. The minimum Gasteiger partial charge on any atom is -0.462 e. The van der Waals surface area contributed by atoms with Crippen LogP contribution in [-0.2, 0) is 14.3 Å². The lowest BCUT2D eigenvalue weighted by molar-refractivity contribution is -0.151. The van der Waals surface area contributed by atoms with Crippen molar-refractivity contribution in [1.29, 1.82) is 0 Å². The highest BCUT2D eigenvalue weighted by Gasteiger charge is 2.24. The molecule has 0 aliphatic rings. The maximum absolute atomic E-state index is 13.3. The summed E-state index contributed by atoms with van der Waals surface area (Å²) in [7, 11) is 0. The monoisotopic (exact) mass is 936 g/mol. The molecule has 6 nitrogen and oxygen atoms in total. The summed E-state index contributed by atoms with van der Waals surface area (Å²) < 4.78 is 5.93. The van der Waals surface area contributed by atoms with Gasteiger partial charge < -0.3 is 20.3 Å². The topological polar surface area (TPSA) is 95.9 Å². The van der Waals surface area contributed by atoms with Gasteiger partial charge in [-0.3, -0.25) is 9.59 Å². The number of amides is 1. The Hall–Kier alpha value is -2.70. The molecule has 0 bridgehead atoms. The fraction of sp³-hybridized carbons (Fsp3) is 0.770. The first-order valence-electron chi connectivity index (χ1n) is 28.7. The Morgan fingerprint density at radius 3 is 1.30 bits per heavy atom. The van der Waals surface area contributed by atoms with Crippen LogP contribution in [0.1, 0.15) is 278 Å². The number of hydrogen-bond donors (Lipinski definition) is 3. The molecule has 0 rings (SSSR count). The van der Waals surface area contributed by atoms with Crippen molar-refractivity contribution in [1.82, 2.24) is 5.32 Å². The number of unbranched alkanes of at least 4 members (excludes halogenated alkanes) is 28. The maximum Gasteiger partial charge on any atom is 0.306 e. The fourth-order valence-corrected chi connectivity index (χ4v) is 8.41. The lowest BCUT2D eigenvalue weighted by atomic mass is 10.0. The van der Waals surface area contributed by atoms with Gasteiger partial charge >= 0.3 is 5.97 Å². The van der Waals surface area contributed by atoms with Crippen LogP contribution < -0.4 is 5.32 Å². The van der Waals surface area contributed by atoms with E-state index in [9.17, 15) is 19.8 Å². The zero-order chi connectivity index (χ0) is 48.8. The summed E-state index contributed by atoms with van der Waals surface area (Å²) >= 11 is 0. The molecule has 3 unspecified atom stereocenters. The summed E-state index contributed by atoms with van der Waals surface area (Å²) in [6.07, 6.45) is 69.6. The van der Waals surface area contributed by atoms with Gasteiger partial charge in [0.05, 0.1) is 25.2 Å². The van der Waals surface area contributed by atoms with Crippen LogP contribution in [-0.4, -0.2) is 46.9 Å². The average Bonchev–Trinajstić information content (AvgIpc) is 3.32. The number of carbonyl (C=O) groups excluding carboxylic acids is 2. The molecular formula is C61H109NO5. The van der Waals surface area contributed by atoms with Crippen molar-refractivity contribution >= 4 is 11.9 Å². The van der Waals surface area contributed by atoms with E-state index in [1.807, 2.05) is 0 Å². The number of aliphatic hydroxyl groups is 2. The van der Waals surface area contributed by atoms with Gasteiger partial charge in [-0.25, -0.2) is 0 Å². The van der Waals surface area contributed by atoms with Crippen LogP contribution in [0, 0.1) is 0 Å². The van der Waals surface area contributed by atoms with E-state index in [1.54, 1.807) is 0 Å². The standard InChI is InChI=1S/C61H109NO5/c1-4-7-10-13-16-19-22-25-27-29-31-33-36-39-42-45-48-51-54-61(66)67-57(52-49-46-43-40-37-35-32-30-28-26-23-20-17-14-11-8-5-2)55-60(65)62-58(56-63)59(64)53-50-47-44-41-38-34-24-21-18-15-12-9-6-3/h17,20,26-29,31-33,35,40,43,57-59,63-64H,4-16,18-19,21-25,30,34,36-39,41-42,44-56H2,1-3H3,(H,62,65)/b20-17-,28-26-,29-27+,33-31+,35-32-,43-40-. The molecule has 0 aromatic heterocycles. The van der Waals surface area contributed by atoms with Crippen LogP contribution in [0.3, 0.4) is 0 Å². The zero-order valence-corrected chi connectivity index (χ0v) is 44.3. The summed E-state index contributed by atoms with van der Waals surface area (Å²) in [6.45, 7) is 6.45. The van der Waals surface area contributed by atoms with Gasteiger partial charge in [-0.2, -0.15) is 0 Å². The first-order valence-corrected chi connectivity index (χ1v) is 28.7. The van der Waals surface area contributed by atoms with E-state index >= 15 is 0 Å². The predicted molar refractivity (Wildman–Crippen MR) is 291 cm³/mol. The minimum atomic E-state index is -0.808. The van der Waals surface area contributed by atoms with Gasteiger partial charge in [-0.1, -0.05) is 248 Å². The Morgan fingerprint density at radius 1 is 0.448 bits per heavy atom. The molecule has 0 heterocycles. The molecule has 0 radical (unpaired) electrons. The number of hydrogen-bond acceptors (Lipinski definition) is 5. The normalized spacial score (nSPS) is 13.7. The Balaban J connectivity index is 4.70. The molecule has 388 valence electrons. The quantitative estimate of drug-likeness (QED) is 0.0244. The maximum atomic E-state index is 13.3. The lowest BCUT2D eigenvalue weighted by Gasteiger charge is -2.24. The van der Waals surface area contributed by atoms with E-state index in [0.29, 0.717) is 19.3 Å². The van der Waals surface area contributed by atoms with E-state index < -0.39 is 18.2 Å². The van der Waals surface area contributed by atoms with Crippen molar-refractivity contribution < 1.29 is 24.5 Å². The highest BCUT2D eigenvalue weighted by Crippen LogP contribution is 2.17. The number of aliphatic hydroxyl groups excluding tert-OH is 2. The van der Waals surface area contributed by atoms with Crippen LogP contribution in [0.5, 0.6) is 0 Å². The van der Waals surface area contributed by atoms with Crippen LogP contribution in [0.15, 0.2) is 72.9 Å². The van der Waals surface area contributed by atoms with Gasteiger partial charge in [-0.05, 0) is 89.9 Å². The predicted octanol–water partition coefficient (Wildman–Crippen LogP) is 17.7.